The molecule has 0 rings (SSSR count). The molecular formula is C7H19N3O2S. The standard InChI is InChI=1S/C7H19N3O2S/c1-2-9-13(11,12)10-7-5-3-4-6-8/h9-10H,2-8H2,1H3. The highest BCUT2D eigenvalue weighted by atomic mass is 32.2. The summed E-state index contributed by atoms with van der Waals surface area (Å²) in [5.74, 6) is 0. The molecule has 0 aromatic rings. The van der Waals surface area contributed by atoms with E-state index in [1.165, 1.54) is 0 Å². The zero-order valence-electron chi connectivity index (χ0n) is 8.04. The highest BCUT2D eigenvalue weighted by Gasteiger charge is 2.04. The Morgan fingerprint density at radius 2 is 1.85 bits per heavy atom. The molecule has 0 bridgehead atoms. The number of nitrogens with one attached hydrogen (secondary N) is 2. The number of hydrogen-bond acceptors (Lipinski definition) is 3. The summed E-state index contributed by atoms with van der Waals surface area (Å²) >= 11 is 0. The molecule has 0 aliphatic heterocycles. The Morgan fingerprint density at radius 1 is 1.15 bits per heavy atom. The third-order valence-corrected chi connectivity index (χ3v) is 2.76. The molecule has 4 N–H and O–H groups in total. The van der Waals surface area contributed by atoms with Crippen molar-refractivity contribution in [2.24, 2.45) is 5.73 Å². The van der Waals surface area contributed by atoms with Gasteiger partial charge in [0.05, 0.1) is 0 Å². The van der Waals surface area contributed by atoms with Crippen LogP contribution in [0.4, 0.5) is 0 Å². The van der Waals surface area contributed by atoms with Crippen molar-refractivity contribution in [2.75, 3.05) is 19.6 Å². The highest BCUT2D eigenvalue weighted by Crippen LogP contribution is 1.91. The zero-order chi connectivity index (χ0) is 10.2. The van der Waals surface area contributed by atoms with Gasteiger partial charge in [-0.3, -0.25) is 0 Å². The van der Waals surface area contributed by atoms with E-state index in [4.69, 9.17) is 5.73 Å². The van der Waals surface area contributed by atoms with E-state index in [0.717, 1.165) is 19.3 Å². The summed E-state index contributed by atoms with van der Waals surface area (Å²) in [4.78, 5) is 0. The normalized spacial score (nSPS) is 11.8. The van der Waals surface area contributed by atoms with Crippen LogP contribution in [0.25, 0.3) is 0 Å². The van der Waals surface area contributed by atoms with Gasteiger partial charge < -0.3 is 5.73 Å². The first-order chi connectivity index (χ1) is 6.12. The quantitative estimate of drug-likeness (QED) is 0.474. The average molecular weight is 209 g/mol. The van der Waals surface area contributed by atoms with Crippen LogP contribution in [0.1, 0.15) is 26.2 Å². The van der Waals surface area contributed by atoms with Gasteiger partial charge in [0.15, 0.2) is 0 Å². The Labute approximate surface area is 80.3 Å². The highest BCUT2D eigenvalue weighted by molar-refractivity contribution is 7.87. The molecule has 0 saturated heterocycles. The summed E-state index contributed by atoms with van der Waals surface area (Å²) in [6, 6.07) is 0. The second kappa shape index (κ2) is 7.25. The maximum absolute atomic E-state index is 11.0. The van der Waals surface area contributed by atoms with Gasteiger partial charge in [-0.1, -0.05) is 13.3 Å². The lowest BCUT2D eigenvalue weighted by Gasteiger charge is -2.05. The largest absolute Gasteiger partial charge is 0.330 e. The summed E-state index contributed by atoms with van der Waals surface area (Å²) in [7, 11) is -3.25. The van der Waals surface area contributed by atoms with Crippen molar-refractivity contribution in [2.45, 2.75) is 26.2 Å². The second-order valence-electron chi connectivity index (χ2n) is 2.75. The Bertz CT molecular complexity index is 204. The van der Waals surface area contributed by atoms with Crippen LogP contribution in [0.5, 0.6) is 0 Å². The van der Waals surface area contributed by atoms with Crippen LogP contribution in [-0.2, 0) is 10.2 Å². The lowest BCUT2D eigenvalue weighted by molar-refractivity contribution is 0.563. The third-order valence-electron chi connectivity index (χ3n) is 1.51. The Hall–Kier alpha value is -0.170. The lowest BCUT2D eigenvalue weighted by atomic mass is 10.2. The first kappa shape index (κ1) is 12.8. The van der Waals surface area contributed by atoms with Crippen LogP contribution in [-0.4, -0.2) is 28.1 Å². The van der Waals surface area contributed by atoms with E-state index >= 15 is 0 Å². The molecule has 0 aromatic carbocycles. The summed E-state index contributed by atoms with van der Waals surface area (Å²) in [6.07, 6.45) is 2.75. The molecule has 0 aliphatic rings. The van der Waals surface area contributed by atoms with Crippen molar-refractivity contribution in [3.05, 3.63) is 0 Å². The van der Waals surface area contributed by atoms with E-state index in [9.17, 15) is 8.42 Å². The van der Waals surface area contributed by atoms with Gasteiger partial charge in [0, 0.05) is 13.1 Å². The van der Waals surface area contributed by atoms with Gasteiger partial charge >= 0.3 is 0 Å². The van der Waals surface area contributed by atoms with Crippen molar-refractivity contribution in [1.29, 1.82) is 0 Å². The van der Waals surface area contributed by atoms with E-state index in [1.54, 1.807) is 6.92 Å². The van der Waals surface area contributed by atoms with Gasteiger partial charge in [-0.25, -0.2) is 9.44 Å². The van der Waals surface area contributed by atoms with Crippen LogP contribution in [0, 0.1) is 0 Å². The van der Waals surface area contributed by atoms with E-state index < -0.39 is 10.2 Å². The Morgan fingerprint density at radius 3 is 2.38 bits per heavy atom. The van der Waals surface area contributed by atoms with E-state index in [0.29, 0.717) is 19.6 Å². The SMILES string of the molecule is CCNS(=O)(=O)NCCCCCN. The van der Waals surface area contributed by atoms with Crippen LogP contribution >= 0.6 is 0 Å². The maximum atomic E-state index is 11.0. The van der Waals surface area contributed by atoms with Gasteiger partial charge in [0.25, 0.3) is 10.2 Å². The molecule has 0 radical (unpaired) electrons. The fraction of sp³-hybridized carbons (Fsp3) is 1.00. The number of nitrogens with two attached hydrogens (primary N) is 1. The number of unbranched alkanes of at least 4 members (excludes halogenated alkanes) is 2. The van der Waals surface area contributed by atoms with Crippen LogP contribution in [0.2, 0.25) is 0 Å². The molecule has 5 nitrogen and oxygen atoms in total. The van der Waals surface area contributed by atoms with Gasteiger partial charge in [-0.15, -0.1) is 0 Å². The van der Waals surface area contributed by atoms with Crippen molar-refractivity contribution < 1.29 is 8.42 Å². The predicted molar refractivity (Wildman–Crippen MR) is 53.5 cm³/mol. The van der Waals surface area contributed by atoms with Crippen molar-refractivity contribution in [1.82, 2.24) is 9.44 Å². The fourth-order valence-electron chi connectivity index (χ4n) is 0.894. The van der Waals surface area contributed by atoms with Crippen LogP contribution in [0.3, 0.4) is 0 Å². The molecule has 0 aromatic heterocycles. The molecule has 6 heteroatoms. The molecule has 0 saturated carbocycles. The molecule has 0 fully saturated rings. The molecule has 0 aliphatic carbocycles. The van der Waals surface area contributed by atoms with E-state index in [2.05, 4.69) is 9.44 Å². The van der Waals surface area contributed by atoms with E-state index in [1.807, 2.05) is 0 Å². The minimum atomic E-state index is -3.25. The van der Waals surface area contributed by atoms with Gasteiger partial charge in [-0.05, 0) is 19.4 Å². The van der Waals surface area contributed by atoms with Crippen LogP contribution < -0.4 is 15.2 Å². The fourth-order valence-corrected chi connectivity index (χ4v) is 1.79. The number of rotatable bonds is 8. The van der Waals surface area contributed by atoms with Gasteiger partial charge in [0.2, 0.25) is 0 Å². The topological polar surface area (TPSA) is 84.2 Å². The summed E-state index contributed by atoms with van der Waals surface area (Å²) in [5.41, 5.74) is 5.29. The first-order valence-electron chi connectivity index (χ1n) is 4.56. The molecule has 0 unspecified atom stereocenters. The Balaban J connectivity index is 3.41. The van der Waals surface area contributed by atoms with Crippen molar-refractivity contribution in [3.63, 3.8) is 0 Å². The minimum Gasteiger partial charge on any atom is -0.330 e. The van der Waals surface area contributed by atoms with Gasteiger partial charge in [0.1, 0.15) is 0 Å². The smallest absolute Gasteiger partial charge is 0.276 e. The van der Waals surface area contributed by atoms with Crippen molar-refractivity contribution >= 4 is 10.2 Å². The molecule has 80 valence electrons. The molecule has 0 atom stereocenters. The van der Waals surface area contributed by atoms with Crippen LogP contribution in [0.15, 0.2) is 0 Å². The van der Waals surface area contributed by atoms with E-state index in [-0.39, 0.29) is 0 Å². The Kier molecular flexibility index (Phi) is 7.16. The predicted octanol–water partition coefficient (Wildman–Crippen LogP) is -0.441. The molecule has 13 heavy (non-hydrogen) atoms. The average Bonchev–Trinajstić information content (AvgIpc) is 2.04. The monoisotopic (exact) mass is 209 g/mol. The molecule has 0 heterocycles. The molecule has 0 spiro atoms. The second-order valence-corrected chi connectivity index (χ2v) is 4.33. The zero-order valence-corrected chi connectivity index (χ0v) is 8.86. The first-order valence-corrected chi connectivity index (χ1v) is 6.05. The molecule has 0 amide bonds. The maximum Gasteiger partial charge on any atom is 0.276 e. The summed E-state index contributed by atoms with van der Waals surface area (Å²) in [5, 5.41) is 0. The summed E-state index contributed by atoms with van der Waals surface area (Å²) in [6.45, 7) is 3.31. The minimum absolute atomic E-state index is 0.415. The summed E-state index contributed by atoms with van der Waals surface area (Å²) < 4.78 is 26.8. The molecular weight excluding hydrogens is 190 g/mol. The van der Waals surface area contributed by atoms with Crippen molar-refractivity contribution in [3.8, 4) is 0 Å². The lowest BCUT2D eigenvalue weighted by Crippen LogP contribution is -2.36. The third kappa shape index (κ3) is 8.17. The number of hydrogen-bond donors (Lipinski definition) is 3. The van der Waals surface area contributed by atoms with Gasteiger partial charge in [-0.2, -0.15) is 8.42 Å².